The summed E-state index contributed by atoms with van der Waals surface area (Å²) in [5.41, 5.74) is 15.2. The third-order valence-corrected chi connectivity index (χ3v) is 4.67. The highest BCUT2D eigenvalue weighted by atomic mass is 35.5. The second-order valence-corrected chi connectivity index (χ2v) is 6.52. The SMILES string of the molecule is NCc1c(N)ccc(C2CC2)c1CNC(=O)c1cc(F)c(F)c(Cl)c1. The monoisotopic (exact) mass is 365 g/mol. The van der Waals surface area contributed by atoms with Crippen LogP contribution in [0.4, 0.5) is 14.5 Å². The fourth-order valence-corrected chi connectivity index (χ4v) is 3.12. The lowest BCUT2D eigenvalue weighted by atomic mass is 9.96. The van der Waals surface area contributed by atoms with Crippen LogP contribution in [0.3, 0.4) is 0 Å². The molecule has 25 heavy (non-hydrogen) atoms. The van der Waals surface area contributed by atoms with Crippen LogP contribution < -0.4 is 16.8 Å². The number of carbonyl (C=O) groups excluding carboxylic acids is 1. The quantitative estimate of drug-likeness (QED) is 0.560. The summed E-state index contributed by atoms with van der Waals surface area (Å²) in [6.07, 6.45) is 2.18. The minimum Gasteiger partial charge on any atom is -0.398 e. The standard InChI is InChI=1S/C18H18ClF2N3O/c19-14-5-10(6-15(20)17(14)21)18(25)24-8-13-11(9-1-2-9)3-4-16(23)12(13)7-22/h3-6,9H,1-2,7-8,22-23H2,(H,24,25). The summed E-state index contributed by atoms with van der Waals surface area (Å²) in [7, 11) is 0. The zero-order valence-corrected chi connectivity index (χ0v) is 14.2. The maximum Gasteiger partial charge on any atom is 0.251 e. The van der Waals surface area contributed by atoms with E-state index in [-0.39, 0.29) is 18.7 Å². The van der Waals surface area contributed by atoms with Gasteiger partial charge in [-0.05, 0) is 53.6 Å². The number of rotatable bonds is 5. The molecule has 1 aliphatic carbocycles. The van der Waals surface area contributed by atoms with E-state index in [9.17, 15) is 13.6 Å². The fourth-order valence-electron chi connectivity index (χ4n) is 2.91. The van der Waals surface area contributed by atoms with Crippen molar-refractivity contribution in [3.8, 4) is 0 Å². The molecule has 3 rings (SSSR count). The number of benzene rings is 2. The molecule has 2 aromatic carbocycles. The van der Waals surface area contributed by atoms with Gasteiger partial charge in [0, 0.05) is 24.3 Å². The molecule has 1 saturated carbocycles. The van der Waals surface area contributed by atoms with Crippen molar-refractivity contribution < 1.29 is 13.6 Å². The van der Waals surface area contributed by atoms with E-state index in [2.05, 4.69) is 5.32 Å². The molecule has 0 aromatic heterocycles. The third-order valence-electron chi connectivity index (χ3n) is 4.40. The van der Waals surface area contributed by atoms with Crippen molar-refractivity contribution in [1.82, 2.24) is 5.32 Å². The Morgan fingerprint density at radius 3 is 2.56 bits per heavy atom. The van der Waals surface area contributed by atoms with Gasteiger partial charge in [0.05, 0.1) is 5.02 Å². The van der Waals surface area contributed by atoms with Crippen molar-refractivity contribution in [3.05, 3.63) is 63.2 Å². The highest BCUT2D eigenvalue weighted by Gasteiger charge is 2.27. The van der Waals surface area contributed by atoms with Gasteiger partial charge in [-0.25, -0.2) is 8.78 Å². The van der Waals surface area contributed by atoms with Crippen LogP contribution in [0.1, 0.15) is 45.8 Å². The molecule has 0 aliphatic heterocycles. The fraction of sp³-hybridized carbons (Fsp3) is 0.278. The summed E-state index contributed by atoms with van der Waals surface area (Å²) in [4.78, 5) is 12.3. The summed E-state index contributed by atoms with van der Waals surface area (Å²) in [6, 6.07) is 5.71. The van der Waals surface area contributed by atoms with Crippen molar-refractivity contribution in [2.45, 2.75) is 31.8 Å². The van der Waals surface area contributed by atoms with E-state index in [4.69, 9.17) is 23.1 Å². The van der Waals surface area contributed by atoms with E-state index < -0.39 is 22.6 Å². The van der Waals surface area contributed by atoms with Gasteiger partial charge in [-0.2, -0.15) is 0 Å². The average molecular weight is 366 g/mol. The summed E-state index contributed by atoms with van der Waals surface area (Å²) in [5, 5.41) is 2.28. The Labute approximate surface area is 149 Å². The number of hydrogen-bond donors (Lipinski definition) is 3. The second-order valence-electron chi connectivity index (χ2n) is 6.12. The molecule has 0 unspecified atom stereocenters. The Bertz CT molecular complexity index is 814. The highest BCUT2D eigenvalue weighted by molar-refractivity contribution is 6.31. The zero-order valence-electron chi connectivity index (χ0n) is 13.4. The topological polar surface area (TPSA) is 81.1 Å². The molecule has 0 heterocycles. The van der Waals surface area contributed by atoms with Gasteiger partial charge >= 0.3 is 0 Å². The van der Waals surface area contributed by atoms with Crippen LogP contribution in [0.5, 0.6) is 0 Å². The van der Waals surface area contributed by atoms with Gasteiger partial charge in [-0.15, -0.1) is 0 Å². The number of nitrogens with one attached hydrogen (secondary N) is 1. The van der Waals surface area contributed by atoms with Crippen LogP contribution in [0.15, 0.2) is 24.3 Å². The lowest BCUT2D eigenvalue weighted by molar-refractivity contribution is 0.0950. The van der Waals surface area contributed by atoms with Crippen LogP contribution in [0, 0.1) is 11.6 Å². The largest absolute Gasteiger partial charge is 0.398 e. The van der Waals surface area contributed by atoms with Gasteiger partial charge in [0.25, 0.3) is 5.91 Å². The first-order valence-corrected chi connectivity index (χ1v) is 8.33. The molecule has 0 atom stereocenters. The van der Waals surface area contributed by atoms with Crippen LogP contribution in [-0.2, 0) is 13.1 Å². The van der Waals surface area contributed by atoms with E-state index in [1.165, 1.54) is 0 Å². The Balaban J connectivity index is 1.84. The first-order valence-electron chi connectivity index (χ1n) is 7.95. The normalized spacial score (nSPS) is 13.8. The third kappa shape index (κ3) is 3.60. The smallest absolute Gasteiger partial charge is 0.251 e. The maximum absolute atomic E-state index is 13.4. The van der Waals surface area contributed by atoms with Gasteiger partial charge in [-0.1, -0.05) is 17.7 Å². The van der Waals surface area contributed by atoms with Crippen LogP contribution in [-0.4, -0.2) is 5.91 Å². The molecule has 4 nitrogen and oxygen atoms in total. The molecule has 7 heteroatoms. The summed E-state index contributed by atoms with van der Waals surface area (Å²) < 4.78 is 26.7. The Morgan fingerprint density at radius 2 is 1.96 bits per heavy atom. The van der Waals surface area contributed by atoms with E-state index in [0.29, 0.717) is 11.6 Å². The number of carbonyl (C=O) groups is 1. The van der Waals surface area contributed by atoms with E-state index in [1.54, 1.807) is 0 Å². The van der Waals surface area contributed by atoms with E-state index in [0.717, 1.165) is 41.7 Å². The molecule has 0 bridgehead atoms. The first kappa shape index (κ1) is 17.6. The molecule has 1 amide bonds. The molecular formula is C18H18ClF2N3O. The summed E-state index contributed by atoms with van der Waals surface area (Å²) in [6.45, 7) is 0.466. The van der Waals surface area contributed by atoms with Gasteiger partial charge in [0.1, 0.15) is 0 Å². The molecule has 1 fully saturated rings. The van der Waals surface area contributed by atoms with Crippen molar-refractivity contribution in [3.63, 3.8) is 0 Å². The second kappa shape index (κ2) is 6.98. The van der Waals surface area contributed by atoms with Crippen LogP contribution in [0.2, 0.25) is 5.02 Å². The molecule has 0 saturated heterocycles. The molecule has 1 aliphatic rings. The number of hydrogen-bond acceptors (Lipinski definition) is 3. The molecular weight excluding hydrogens is 348 g/mol. The van der Waals surface area contributed by atoms with E-state index >= 15 is 0 Å². The van der Waals surface area contributed by atoms with Crippen LogP contribution in [0.25, 0.3) is 0 Å². The van der Waals surface area contributed by atoms with Gasteiger partial charge in [0.2, 0.25) is 0 Å². The maximum atomic E-state index is 13.4. The minimum absolute atomic E-state index is 0.0462. The Kier molecular flexibility index (Phi) is 4.92. The van der Waals surface area contributed by atoms with Crippen LogP contribution >= 0.6 is 11.6 Å². The van der Waals surface area contributed by atoms with Crippen molar-refractivity contribution in [2.24, 2.45) is 5.73 Å². The van der Waals surface area contributed by atoms with E-state index in [1.807, 2.05) is 12.1 Å². The predicted molar refractivity (Wildman–Crippen MR) is 93.3 cm³/mol. The number of anilines is 1. The molecule has 0 radical (unpaired) electrons. The predicted octanol–water partition coefficient (Wildman–Crippen LogP) is 3.47. The minimum atomic E-state index is -1.17. The average Bonchev–Trinajstić information content (AvgIpc) is 3.42. The van der Waals surface area contributed by atoms with Gasteiger partial charge in [0.15, 0.2) is 11.6 Å². The van der Waals surface area contributed by atoms with Crippen molar-refractivity contribution in [1.29, 1.82) is 0 Å². The lowest BCUT2D eigenvalue weighted by Crippen LogP contribution is -2.25. The Morgan fingerprint density at radius 1 is 1.24 bits per heavy atom. The first-order chi connectivity index (χ1) is 11.9. The molecule has 0 spiro atoms. The number of nitrogens with two attached hydrogens (primary N) is 2. The molecule has 132 valence electrons. The molecule has 2 aromatic rings. The van der Waals surface area contributed by atoms with Crippen molar-refractivity contribution in [2.75, 3.05) is 5.73 Å². The Hall–Kier alpha value is -2.18. The summed E-state index contributed by atoms with van der Waals surface area (Å²) in [5.74, 6) is -2.43. The van der Waals surface area contributed by atoms with Gasteiger partial charge in [-0.3, -0.25) is 4.79 Å². The summed E-state index contributed by atoms with van der Waals surface area (Å²) >= 11 is 5.60. The number of nitrogen functional groups attached to an aromatic ring is 1. The zero-order chi connectivity index (χ0) is 18.1. The number of halogens is 3. The number of amides is 1. The van der Waals surface area contributed by atoms with Gasteiger partial charge < -0.3 is 16.8 Å². The van der Waals surface area contributed by atoms with Crippen molar-refractivity contribution >= 4 is 23.2 Å². The molecule has 5 N–H and O–H groups in total. The lowest BCUT2D eigenvalue weighted by Gasteiger charge is -2.17. The highest BCUT2D eigenvalue weighted by Crippen LogP contribution is 2.43.